The number of nitrogens with zero attached hydrogens (tertiary/aromatic N) is 1. The Morgan fingerprint density at radius 1 is 0.933 bits per heavy atom. The van der Waals surface area contributed by atoms with Crippen molar-refractivity contribution in [2.24, 2.45) is 5.41 Å². The van der Waals surface area contributed by atoms with Crippen molar-refractivity contribution in [2.45, 2.75) is 90.9 Å². The summed E-state index contributed by atoms with van der Waals surface area (Å²) in [6.45, 7) is 14.5. The van der Waals surface area contributed by atoms with Crippen molar-refractivity contribution in [2.75, 3.05) is 26.2 Å². The molecule has 30 heavy (non-hydrogen) atoms. The highest BCUT2D eigenvalue weighted by Gasteiger charge is 2.39. The highest BCUT2D eigenvalue weighted by molar-refractivity contribution is 5.83. The smallest absolute Gasteiger partial charge is 0.408 e. The van der Waals surface area contributed by atoms with Crippen LogP contribution in [0.15, 0.2) is 0 Å². The lowest BCUT2D eigenvalue weighted by molar-refractivity contribution is -0.157. The zero-order valence-electron chi connectivity index (χ0n) is 19.4. The maximum absolute atomic E-state index is 12.6. The van der Waals surface area contributed by atoms with Crippen LogP contribution in [0.4, 0.5) is 4.79 Å². The number of esters is 1. The van der Waals surface area contributed by atoms with E-state index in [0.717, 1.165) is 38.9 Å². The highest BCUT2D eigenvalue weighted by atomic mass is 16.6. The Morgan fingerprint density at radius 2 is 1.47 bits per heavy atom. The number of hydrogen-bond donors (Lipinski definition) is 2. The molecule has 2 bridgehead atoms. The second-order valence-corrected chi connectivity index (χ2v) is 10.6. The van der Waals surface area contributed by atoms with Gasteiger partial charge in [-0.3, -0.25) is 4.79 Å². The molecule has 172 valence electrons. The number of nitrogens with one attached hydrogen (secondary N) is 2. The zero-order valence-corrected chi connectivity index (χ0v) is 19.4. The molecule has 0 saturated carbocycles. The molecule has 1 atom stereocenters. The Balaban J connectivity index is 1.87. The van der Waals surface area contributed by atoms with Crippen LogP contribution in [0.25, 0.3) is 0 Å². The van der Waals surface area contributed by atoms with Gasteiger partial charge >= 0.3 is 12.1 Å². The molecular weight excluding hydrogens is 386 g/mol. The highest BCUT2D eigenvalue weighted by Crippen LogP contribution is 2.39. The van der Waals surface area contributed by atoms with E-state index in [0.29, 0.717) is 6.54 Å². The first kappa shape index (κ1) is 24.4. The first-order chi connectivity index (χ1) is 13.8. The minimum Gasteiger partial charge on any atom is -0.458 e. The van der Waals surface area contributed by atoms with Gasteiger partial charge in [-0.2, -0.15) is 0 Å². The van der Waals surface area contributed by atoms with E-state index in [9.17, 15) is 14.4 Å². The van der Waals surface area contributed by atoms with Crippen LogP contribution in [-0.4, -0.2) is 66.3 Å². The molecule has 3 saturated heterocycles. The lowest BCUT2D eigenvalue weighted by atomic mass is 9.72. The lowest BCUT2D eigenvalue weighted by Gasteiger charge is -2.48. The summed E-state index contributed by atoms with van der Waals surface area (Å²) in [4.78, 5) is 39.6. The average molecular weight is 426 g/mol. The molecule has 2 amide bonds. The number of carbonyl (C=O) groups excluding carboxylic acids is 3. The molecule has 3 aliphatic rings. The Morgan fingerprint density at radius 3 is 1.97 bits per heavy atom. The van der Waals surface area contributed by atoms with Gasteiger partial charge in [0.1, 0.15) is 17.2 Å². The van der Waals surface area contributed by atoms with E-state index >= 15 is 0 Å². The molecule has 2 N–H and O–H groups in total. The summed E-state index contributed by atoms with van der Waals surface area (Å²) in [5.41, 5.74) is -1.17. The minimum absolute atomic E-state index is 0.114. The third kappa shape index (κ3) is 8.13. The van der Waals surface area contributed by atoms with Gasteiger partial charge in [0, 0.05) is 13.0 Å². The average Bonchev–Trinajstić information content (AvgIpc) is 2.62. The number of ether oxygens (including phenoxy) is 2. The van der Waals surface area contributed by atoms with Crippen molar-refractivity contribution in [3.8, 4) is 0 Å². The lowest BCUT2D eigenvalue weighted by Crippen LogP contribution is -2.52. The van der Waals surface area contributed by atoms with E-state index in [1.807, 2.05) is 0 Å². The predicted molar refractivity (Wildman–Crippen MR) is 114 cm³/mol. The van der Waals surface area contributed by atoms with Gasteiger partial charge < -0.3 is 25.0 Å². The van der Waals surface area contributed by atoms with Gasteiger partial charge in [0.25, 0.3) is 0 Å². The van der Waals surface area contributed by atoms with Crippen LogP contribution in [0.5, 0.6) is 0 Å². The van der Waals surface area contributed by atoms with E-state index in [1.165, 1.54) is 0 Å². The van der Waals surface area contributed by atoms with Crippen LogP contribution in [0, 0.1) is 5.41 Å². The third-order valence-corrected chi connectivity index (χ3v) is 5.58. The van der Waals surface area contributed by atoms with E-state index in [1.54, 1.807) is 41.5 Å². The van der Waals surface area contributed by atoms with E-state index in [2.05, 4.69) is 15.5 Å². The van der Waals surface area contributed by atoms with Crippen molar-refractivity contribution in [1.29, 1.82) is 0 Å². The fourth-order valence-electron chi connectivity index (χ4n) is 3.88. The molecule has 0 aromatic carbocycles. The van der Waals surface area contributed by atoms with Crippen LogP contribution >= 0.6 is 0 Å². The van der Waals surface area contributed by atoms with Gasteiger partial charge in [-0.15, -0.1) is 0 Å². The topological polar surface area (TPSA) is 97.0 Å². The summed E-state index contributed by atoms with van der Waals surface area (Å²) in [6.07, 6.45) is 2.94. The van der Waals surface area contributed by atoms with E-state index in [-0.39, 0.29) is 24.2 Å². The number of fused-ring (bicyclic) bond motifs is 3. The minimum atomic E-state index is -0.944. The SMILES string of the molecule is CC(C)(C)OC(=O)N[C@@H](CCC(=O)NCC12CCN(CC1)CC2)C(=O)OC(C)(C)C. The summed E-state index contributed by atoms with van der Waals surface area (Å²) in [6, 6.07) is -0.944. The number of hydrogen-bond acceptors (Lipinski definition) is 6. The molecule has 3 heterocycles. The molecule has 0 aromatic heterocycles. The van der Waals surface area contributed by atoms with Gasteiger partial charge in [0.2, 0.25) is 5.91 Å². The summed E-state index contributed by atoms with van der Waals surface area (Å²) < 4.78 is 10.7. The second-order valence-electron chi connectivity index (χ2n) is 10.6. The number of piperidine rings is 3. The van der Waals surface area contributed by atoms with Crippen LogP contribution < -0.4 is 10.6 Å². The number of carbonyl (C=O) groups is 3. The van der Waals surface area contributed by atoms with E-state index < -0.39 is 29.3 Å². The van der Waals surface area contributed by atoms with E-state index in [4.69, 9.17) is 9.47 Å². The number of amides is 2. The molecule has 3 fully saturated rings. The molecule has 0 radical (unpaired) electrons. The van der Waals surface area contributed by atoms with Crippen LogP contribution in [0.2, 0.25) is 0 Å². The maximum Gasteiger partial charge on any atom is 0.408 e. The maximum atomic E-state index is 12.6. The molecule has 3 aliphatic heterocycles. The molecule has 8 heteroatoms. The van der Waals surface area contributed by atoms with Crippen LogP contribution in [0.1, 0.15) is 73.6 Å². The van der Waals surface area contributed by atoms with Gasteiger partial charge in [-0.1, -0.05) is 0 Å². The number of rotatable bonds is 7. The van der Waals surface area contributed by atoms with Gasteiger partial charge in [0.05, 0.1) is 0 Å². The Bertz CT molecular complexity index is 614. The van der Waals surface area contributed by atoms with Crippen molar-refractivity contribution >= 4 is 18.0 Å². The Kier molecular flexibility index (Phi) is 7.77. The Labute approximate surface area is 180 Å². The standard InChI is InChI=1S/C22H39N3O5/c1-20(2,3)29-18(27)16(24-19(28)30-21(4,5)6)7-8-17(26)23-15-22-9-12-25(13-10-22)14-11-22/h16H,7-15H2,1-6H3,(H,23,26)(H,24,28)/t16-/m0/s1. The van der Waals surface area contributed by atoms with Gasteiger partial charge in [-0.05, 0) is 92.3 Å². The summed E-state index contributed by atoms with van der Waals surface area (Å²) in [7, 11) is 0. The van der Waals surface area contributed by atoms with Crippen molar-refractivity contribution in [3.63, 3.8) is 0 Å². The quantitative estimate of drug-likeness (QED) is 0.609. The molecule has 0 aromatic rings. The fourth-order valence-corrected chi connectivity index (χ4v) is 3.88. The zero-order chi connectivity index (χ0) is 22.6. The Hall–Kier alpha value is -1.83. The van der Waals surface area contributed by atoms with Crippen molar-refractivity contribution in [1.82, 2.24) is 15.5 Å². The number of alkyl carbamates (subject to hydrolysis) is 1. The first-order valence-electron chi connectivity index (χ1n) is 11.0. The molecular formula is C22H39N3O5. The fraction of sp³-hybridized carbons (Fsp3) is 0.864. The molecule has 0 unspecified atom stereocenters. The molecule has 8 nitrogen and oxygen atoms in total. The molecule has 3 rings (SSSR count). The van der Waals surface area contributed by atoms with Gasteiger partial charge in [0.15, 0.2) is 0 Å². The molecule has 0 aliphatic carbocycles. The normalized spacial score (nSPS) is 24.7. The predicted octanol–water partition coefficient (Wildman–Crippen LogP) is 2.60. The van der Waals surface area contributed by atoms with Crippen molar-refractivity contribution < 1.29 is 23.9 Å². The van der Waals surface area contributed by atoms with Gasteiger partial charge in [-0.25, -0.2) is 9.59 Å². The molecule has 0 spiro atoms. The first-order valence-corrected chi connectivity index (χ1v) is 11.0. The largest absolute Gasteiger partial charge is 0.458 e. The summed E-state index contributed by atoms with van der Waals surface area (Å²) in [5.74, 6) is -0.684. The van der Waals surface area contributed by atoms with Crippen molar-refractivity contribution in [3.05, 3.63) is 0 Å². The summed E-state index contributed by atoms with van der Waals surface area (Å²) in [5, 5.41) is 5.61. The summed E-state index contributed by atoms with van der Waals surface area (Å²) >= 11 is 0. The van der Waals surface area contributed by atoms with Crippen LogP contribution in [-0.2, 0) is 19.1 Å². The monoisotopic (exact) mass is 425 g/mol. The second kappa shape index (κ2) is 9.54. The third-order valence-electron chi connectivity index (χ3n) is 5.58. The van der Waals surface area contributed by atoms with Crippen LogP contribution in [0.3, 0.4) is 0 Å².